The minimum atomic E-state index is 0.222. The van der Waals surface area contributed by atoms with E-state index in [4.69, 9.17) is 4.74 Å². The lowest BCUT2D eigenvalue weighted by Crippen LogP contribution is -2.52. The lowest BCUT2D eigenvalue weighted by atomic mass is 10.00. The average molecular weight is 330 g/mol. The third-order valence-corrected chi connectivity index (χ3v) is 5.48. The van der Waals surface area contributed by atoms with Crippen LogP contribution in [0.5, 0.6) is 0 Å². The van der Waals surface area contributed by atoms with Crippen LogP contribution in [0.25, 0.3) is 0 Å². The molecule has 130 valence electrons. The zero-order chi connectivity index (χ0) is 16.5. The van der Waals surface area contributed by atoms with Crippen molar-refractivity contribution in [3.8, 4) is 0 Å². The van der Waals surface area contributed by atoms with Crippen LogP contribution in [-0.4, -0.2) is 64.1 Å². The summed E-state index contributed by atoms with van der Waals surface area (Å²) in [5, 5.41) is 0. The van der Waals surface area contributed by atoms with Gasteiger partial charge in [0.25, 0.3) is 0 Å². The molecule has 1 aromatic heterocycles. The van der Waals surface area contributed by atoms with E-state index in [9.17, 15) is 4.79 Å². The van der Waals surface area contributed by atoms with Crippen molar-refractivity contribution in [3.63, 3.8) is 0 Å². The van der Waals surface area contributed by atoms with Crippen LogP contribution in [0.2, 0.25) is 0 Å². The van der Waals surface area contributed by atoms with E-state index in [2.05, 4.69) is 32.5 Å². The van der Waals surface area contributed by atoms with E-state index in [1.807, 2.05) is 6.33 Å². The fourth-order valence-corrected chi connectivity index (χ4v) is 4.05. The van der Waals surface area contributed by atoms with Gasteiger partial charge < -0.3 is 14.2 Å². The molecule has 3 aliphatic rings. The highest BCUT2D eigenvalue weighted by Crippen LogP contribution is 2.27. The summed E-state index contributed by atoms with van der Waals surface area (Å²) in [5.41, 5.74) is 3.33. The molecule has 1 atom stereocenters. The molecule has 0 radical (unpaired) electrons. The Morgan fingerprint density at radius 1 is 1.38 bits per heavy atom. The van der Waals surface area contributed by atoms with Crippen LogP contribution in [-0.2, 0) is 29.5 Å². The molecule has 0 unspecified atom stereocenters. The largest absolute Gasteiger partial charge is 0.379 e. The number of aryl methyl sites for hydroxylation is 1. The predicted octanol–water partition coefficient (Wildman–Crippen LogP) is 1.12. The van der Waals surface area contributed by atoms with Crippen LogP contribution in [0.1, 0.15) is 30.7 Å². The molecule has 1 fully saturated rings. The number of carbonyl (C=O) groups excluding carboxylic acids is 1. The van der Waals surface area contributed by atoms with Crippen molar-refractivity contribution in [2.75, 3.05) is 32.8 Å². The Bertz CT molecular complexity index is 645. The number of aromatic nitrogens is 2. The number of morpholine rings is 1. The maximum Gasteiger partial charge on any atom is 0.250 e. The van der Waals surface area contributed by atoms with Crippen LogP contribution in [0.15, 0.2) is 18.0 Å². The number of fused-ring (bicyclic) bond motifs is 1. The molecule has 0 bridgehead atoms. The van der Waals surface area contributed by atoms with Crippen molar-refractivity contribution in [2.24, 2.45) is 7.05 Å². The zero-order valence-corrected chi connectivity index (χ0v) is 14.4. The second kappa shape index (κ2) is 6.69. The fourth-order valence-electron chi connectivity index (χ4n) is 4.05. The number of ether oxygens (including phenoxy) is 1. The summed E-state index contributed by atoms with van der Waals surface area (Å²) in [6.07, 6.45) is 7.97. The van der Waals surface area contributed by atoms with Crippen molar-refractivity contribution < 1.29 is 9.53 Å². The van der Waals surface area contributed by atoms with Crippen LogP contribution >= 0.6 is 0 Å². The summed E-state index contributed by atoms with van der Waals surface area (Å²) < 4.78 is 7.57. The topological polar surface area (TPSA) is 50.6 Å². The average Bonchev–Trinajstić information content (AvgIpc) is 3.25. The Kier molecular flexibility index (Phi) is 4.41. The summed E-state index contributed by atoms with van der Waals surface area (Å²) in [6, 6.07) is 0.222. The highest BCUT2D eigenvalue weighted by Gasteiger charge is 2.34. The molecule has 1 aliphatic carbocycles. The molecular weight excluding hydrogens is 304 g/mol. The Labute approximate surface area is 143 Å². The third kappa shape index (κ3) is 3.00. The van der Waals surface area contributed by atoms with Gasteiger partial charge in [-0.25, -0.2) is 4.98 Å². The molecule has 2 aliphatic heterocycles. The first-order valence-corrected chi connectivity index (χ1v) is 9.01. The van der Waals surface area contributed by atoms with Gasteiger partial charge in [0.2, 0.25) is 5.91 Å². The normalized spacial score (nSPS) is 24.8. The van der Waals surface area contributed by atoms with E-state index in [1.54, 1.807) is 0 Å². The molecule has 0 N–H and O–H groups in total. The zero-order valence-electron chi connectivity index (χ0n) is 14.4. The van der Waals surface area contributed by atoms with E-state index < -0.39 is 0 Å². The van der Waals surface area contributed by atoms with Gasteiger partial charge in [0.05, 0.1) is 37.8 Å². The molecule has 1 saturated heterocycles. The molecule has 6 nitrogen and oxygen atoms in total. The number of amides is 1. The lowest BCUT2D eigenvalue weighted by Gasteiger charge is -2.39. The molecule has 6 heteroatoms. The molecule has 0 spiro atoms. The third-order valence-electron chi connectivity index (χ3n) is 5.48. The quantitative estimate of drug-likeness (QED) is 0.833. The Morgan fingerprint density at radius 2 is 2.21 bits per heavy atom. The summed E-state index contributed by atoms with van der Waals surface area (Å²) >= 11 is 0. The van der Waals surface area contributed by atoms with Crippen LogP contribution in [0.4, 0.5) is 0 Å². The minimum absolute atomic E-state index is 0.222. The van der Waals surface area contributed by atoms with Gasteiger partial charge in [-0.3, -0.25) is 9.69 Å². The van der Waals surface area contributed by atoms with Crippen molar-refractivity contribution in [3.05, 3.63) is 29.4 Å². The van der Waals surface area contributed by atoms with Gasteiger partial charge in [-0.2, -0.15) is 0 Å². The molecule has 1 amide bonds. The molecular formula is C18H26N4O2. The second-order valence-electron chi connectivity index (χ2n) is 7.07. The van der Waals surface area contributed by atoms with Gasteiger partial charge in [0, 0.05) is 44.4 Å². The summed E-state index contributed by atoms with van der Waals surface area (Å²) in [5.74, 6) is 0.224. The summed E-state index contributed by atoms with van der Waals surface area (Å²) in [7, 11) is 2.05. The van der Waals surface area contributed by atoms with Crippen LogP contribution in [0.3, 0.4) is 0 Å². The number of imidazole rings is 1. The first kappa shape index (κ1) is 15.8. The number of nitrogens with zero attached hydrogens (tertiary/aromatic N) is 4. The Morgan fingerprint density at radius 3 is 2.96 bits per heavy atom. The van der Waals surface area contributed by atoms with Crippen molar-refractivity contribution >= 4 is 5.91 Å². The lowest BCUT2D eigenvalue weighted by molar-refractivity contribution is -0.131. The molecule has 1 aromatic rings. The standard InChI is InChI=1S/C18H26N4O2/c1-20-13-19-16-12-22(18(23)14-4-2-3-5-14)15(10-17(16)20)11-21-6-8-24-9-7-21/h4,13,15H,2-3,5-12H2,1H3/t15-/m0/s1. The van der Waals surface area contributed by atoms with Gasteiger partial charge in [-0.05, 0) is 19.3 Å². The van der Waals surface area contributed by atoms with Gasteiger partial charge in [-0.15, -0.1) is 0 Å². The molecule has 0 saturated carbocycles. The second-order valence-corrected chi connectivity index (χ2v) is 7.07. The highest BCUT2D eigenvalue weighted by molar-refractivity contribution is 5.94. The van der Waals surface area contributed by atoms with E-state index >= 15 is 0 Å². The first-order chi connectivity index (χ1) is 11.7. The maximum atomic E-state index is 13.0. The van der Waals surface area contributed by atoms with Gasteiger partial charge >= 0.3 is 0 Å². The van der Waals surface area contributed by atoms with E-state index in [1.165, 1.54) is 5.69 Å². The monoisotopic (exact) mass is 330 g/mol. The molecule has 4 rings (SSSR count). The fraction of sp³-hybridized carbons (Fsp3) is 0.667. The summed E-state index contributed by atoms with van der Waals surface area (Å²) in [6.45, 7) is 5.07. The Hall–Kier alpha value is -1.66. The number of allylic oxidation sites excluding steroid dienone is 1. The first-order valence-electron chi connectivity index (χ1n) is 9.01. The number of rotatable bonds is 3. The van der Waals surface area contributed by atoms with Crippen LogP contribution < -0.4 is 0 Å². The van der Waals surface area contributed by atoms with Crippen molar-refractivity contribution in [2.45, 2.75) is 38.3 Å². The van der Waals surface area contributed by atoms with E-state index in [0.717, 1.165) is 69.8 Å². The molecule has 0 aromatic carbocycles. The van der Waals surface area contributed by atoms with E-state index in [-0.39, 0.29) is 11.9 Å². The number of hydrogen-bond acceptors (Lipinski definition) is 4. The maximum absolute atomic E-state index is 13.0. The minimum Gasteiger partial charge on any atom is -0.379 e. The molecule has 3 heterocycles. The number of carbonyl (C=O) groups is 1. The SMILES string of the molecule is Cn1cnc2c1C[C@@H](CN1CCOCC1)N(C(=O)C1=CCCC1)C2. The van der Waals surface area contributed by atoms with Gasteiger partial charge in [0.15, 0.2) is 0 Å². The smallest absolute Gasteiger partial charge is 0.250 e. The van der Waals surface area contributed by atoms with Gasteiger partial charge in [0.1, 0.15) is 0 Å². The molecule has 24 heavy (non-hydrogen) atoms. The van der Waals surface area contributed by atoms with E-state index in [0.29, 0.717) is 6.54 Å². The van der Waals surface area contributed by atoms with Crippen molar-refractivity contribution in [1.29, 1.82) is 0 Å². The van der Waals surface area contributed by atoms with Crippen molar-refractivity contribution in [1.82, 2.24) is 19.4 Å². The highest BCUT2D eigenvalue weighted by atomic mass is 16.5. The summed E-state index contributed by atoms with van der Waals surface area (Å²) in [4.78, 5) is 22.1. The van der Waals surface area contributed by atoms with Crippen LogP contribution in [0, 0.1) is 0 Å². The predicted molar refractivity (Wildman–Crippen MR) is 90.4 cm³/mol. The van der Waals surface area contributed by atoms with Gasteiger partial charge in [-0.1, -0.05) is 6.08 Å². The Balaban J connectivity index is 1.56. The number of hydrogen-bond donors (Lipinski definition) is 0.